The molecular weight excluding hydrogens is 482 g/mol. The highest BCUT2D eigenvalue weighted by Gasteiger charge is 2.54. The molecule has 3 fully saturated rings. The number of aromatic nitrogens is 2. The van der Waals surface area contributed by atoms with Crippen molar-refractivity contribution in [2.75, 3.05) is 19.6 Å². The largest absolute Gasteiger partial charge is 0.303 e. The maximum Gasteiger partial charge on any atom is 0.282 e. The van der Waals surface area contributed by atoms with E-state index in [9.17, 15) is 9.59 Å². The number of halogens is 1. The zero-order chi connectivity index (χ0) is 25.6. The minimum absolute atomic E-state index is 0.000579. The highest BCUT2D eigenvalue weighted by atomic mass is 35.5. The van der Waals surface area contributed by atoms with E-state index in [0.717, 1.165) is 68.8 Å². The highest BCUT2D eigenvalue weighted by molar-refractivity contribution is 6.35. The van der Waals surface area contributed by atoms with E-state index in [4.69, 9.17) is 11.6 Å². The first-order valence-electron chi connectivity index (χ1n) is 13.8. The number of benzene rings is 2. The van der Waals surface area contributed by atoms with Crippen molar-refractivity contribution in [1.82, 2.24) is 14.5 Å². The molecule has 6 heteroatoms. The van der Waals surface area contributed by atoms with Crippen LogP contribution in [-0.2, 0) is 10.2 Å². The fourth-order valence-electron chi connectivity index (χ4n) is 8.18. The molecule has 0 amide bonds. The van der Waals surface area contributed by atoms with Gasteiger partial charge in [0.15, 0.2) is 0 Å². The standard InChI is InChI=1S/C31H34ClN3O2/c1-29(2)22-7-6-21(16-25(22)35-24-5-3-4-23(32)26(24)27(37)33-28(29)35)20-8-14-34(15-9-20)18-30-10-12-31(17-30,19-36)13-11-30/h3-7,16,19-20H,8-15,17-18H2,1-2H3. The third-order valence-electron chi connectivity index (χ3n) is 10.3. The van der Waals surface area contributed by atoms with E-state index < -0.39 is 0 Å². The number of piperidine rings is 1. The predicted octanol–water partition coefficient (Wildman–Crippen LogP) is 6.01. The summed E-state index contributed by atoms with van der Waals surface area (Å²) in [5.74, 6) is 1.31. The van der Waals surface area contributed by atoms with Crippen molar-refractivity contribution in [1.29, 1.82) is 0 Å². The fourth-order valence-corrected chi connectivity index (χ4v) is 8.43. The van der Waals surface area contributed by atoms with Crippen LogP contribution in [0.4, 0.5) is 0 Å². The number of carbonyl (C=O) groups excluding carboxylic acids is 1. The van der Waals surface area contributed by atoms with Crippen LogP contribution < -0.4 is 5.56 Å². The summed E-state index contributed by atoms with van der Waals surface area (Å²) >= 11 is 6.45. The Morgan fingerprint density at radius 3 is 2.54 bits per heavy atom. The molecule has 0 atom stereocenters. The molecule has 37 heavy (non-hydrogen) atoms. The van der Waals surface area contributed by atoms with Crippen molar-refractivity contribution in [2.45, 2.75) is 70.1 Å². The van der Waals surface area contributed by atoms with E-state index in [1.807, 2.05) is 12.1 Å². The summed E-state index contributed by atoms with van der Waals surface area (Å²) in [4.78, 5) is 31.8. The third-order valence-corrected chi connectivity index (χ3v) is 10.6. The summed E-state index contributed by atoms with van der Waals surface area (Å²) in [6, 6.07) is 12.5. The van der Waals surface area contributed by atoms with E-state index in [-0.39, 0.29) is 16.4 Å². The zero-order valence-electron chi connectivity index (χ0n) is 21.7. The molecule has 1 saturated heterocycles. The predicted molar refractivity (Wildman–Crippen MR) is 147 cm³/mol. The maximum absolute atomic E-state index is 12.9. The number of aldehydes is 1. The molecule has 0 radical (unpaired) electrons. The van der Waals surface area contributed by atoms with Crippen LogP contribution in [0.5, 0.6) is 0 Å². The number of carbonyl (C=O) groups is 1. The van der Waals surface area contributed by atoms with Crippen molar-refractivity contribution >= 4 is 28.8 Å². The van der Waals surface area contributed by atoms with Crippen LogP contribution in [0.25, 0.3) is 16.6 Å². The average molecular weight is 516 g/mol. The van der Waals surface area contributed by atoms with E-state index in [1.165, 1.54) is 30.3 Å². The Balaban J connectivity index is 1.17. The van der Waals surface area contributed by atoms with Crippen LogP contribution in [0.3, 0.4) is 0 Å². The normalized spacial score (nSPS) is 28.5. The van der Waals surface area contributed by atoms with Gasteiger partial charge in [-0.15, -0.1) is 0 Å². The van der Waals surface area contributed by atoms with Gasteiger partial charge >= 0.3 is 0 Å². The Hall–Kier alpha value is -2.50. The minimum Gasteiger partial charge on any atom is -0.303 e. The number of hydrogen-bond donors (Lipinski definition) is 0. The molecule has 2 bridgehead atoms. The van der Waals surface area contributed by atoms with Gasteiger partial charge in [-0.2, -0.15) is 4.98 Å². The van der Waals surface area contributed by atoms with Gasteiger partial charge in [0, 0.05) is 12.0 Å². The Kier molecular flexibility index (Phi) is 5.10. The first kappa shape index (κ1) is 23.6. The molecule has 2 aliphatic carbocycles. The number of fused-ring (bicyclic) bond motifs is 7. The first-order valence-corrected chi connectivity index (χ1v) is 14.2. The molecule has 5 nitrogen and oxygen atoms in total. The second-order valence-electron chi connectivity index (χ2n) is 12.8. The summed E-state index contributed by atoms with van der Waals surface area (Å²) < 4.78 is 2.16. The lowest BCUT2D eigenvalue weighted by molar-refractivity contribution is -0.115. The van der Waals surface area contributed by atoms with Gasteiger partial charge in [-0.1, -0.05) is 29.8 Å². The molecule has 3 aromatic rings. The Bertz CT molecular complexity index is 1490. The van der Waals surface area contributed by atoms with E-state index in [2.05, 4.69) is 46.5 Å². The van der Waals surface area contributed by atoms with Gasteiger partial charge in [-0.25, -0.2) is 0 Å². The van der Waals surface area contributed by atoms with Crippen molar-refractivity contribution < 1.29 is 4.79 Å². The summed E-state index contributed by atoms with van der Waals surface area (Å²) in [5, 5.41) is 0.946. The van der Waals surface area contributed by atoms with Crippen molar-refractivity contribution in [3.05, 3.63) is 68.7 Å². The van der Waals surface area contributed by atoms with Gasteiger partial charge in [0.05, 0.1) is 27.0 Å². The lowest BCUT2D eigenvalue weighted by Crippen LogP contribution is -2.40. The molecule has 7 rings (SSSR count). The lowest BCUT2D eigenvalue weighted by Gasteiger charge is -2.38. The summed E-state index contributed by atoms with van der Waals surface area (Å²) in [6.45, 7) is 7.69. The van der Waals surface area contributed by atoms with Crippen molar-refractivity contribution in [3.63, 3.8) is 0 Å². The molecule has 0 N–H and O–H groups in total. The van der Waals surface area contributed by atoms with Crippen LogP contribution in [0.15, 0.2) is 41.2 Å². The average Bonchev–Trinajstić information content (AvgIpc) is 3.51. The number of nitrogens with zero attached hydrogens (tertiary/aromatic N) is 3. The van der Waals surface area contributed by atoms with Gasteiger partial charge in [0.25, 0.3) is 5.56 Å². The van der Waals surface area contributed by atoms with Crippen LogP contribution in [0.1, 0.15) is 81.7 Å². The highest BCUT2D eigenvalue weighted by Crippen LogP contribution is 2.61. The number of likely N-dealkylation sites (tertiary alicyclic amines) is 1. The van der Waals surface area contributed by atoms with Crippen LogP contribution >= 0.6 is 11.6 Å². The molecule has 4 aliphatic rings. The lowest BCUT2D eigenvalue weighted by atomic mass is 9.81. The summed E-state index contributed by atoms with van der Waals surface area (Å²) in [6.07, 6.45) is 9.32. The zero-order valence-corrected chi connectivity index (χ0v) is 22.5. The second-order valence-corrected chi connectivity index (χ2v) is 13.2. The van der Waals surface area contributed by atoms with E-state index >= 15 is 0 Å². The summed E-state index contributed by atoms with van der Waals surface area (Å²) in [7, 11) is 0. The minimum atomic E-state index is -0.356. The molecule has 192 valence electrons. The second kappa shape index (κ2) is 8.00. The van der Waals surface area contributed by atoms with Crippen LogP contribution in [-0.4, -0.2) is 40.4 Å². The van der Waals surface area contributed by atoms with Gasteiger partial charge in [0.2, 0.25) is 0 Å². The van der Waals surface area contributed by atoms with Crippen LogP contribution in [0.2, 0.25) is 5.02 Å². The molecule has 3 heterocycles. The Morgan fingerprint density at radius 1 is 1.08 bits per heavy atom. The molecule has 1 aromatic heterocycles. The molecular formula is C31H34ClN3O2. The van der Waals surface area contributed by atoms with Gasteiger partial charge in [-0.3, -0.25) is 9.36 Å². The van der Waals surface area contributed by atoms with E-state index in [0.29, 0.717) is 21.7 Å². The van der Waals surface area contributed by atoms with E-state index in [1.54, 1.807) is 6.07 Å². The van der Waals surface area contributed by atoms with Gasteiger partial charge in [0.1, 0.15) is 12.1 Å². The molecule has 2 saturated carbocycles. The first-order chi connectivity index (χ1) is 17.7. The van der Waals surface area contributed by atoms with Gasteiger partial charge < -0.3 is 9.69 Å². The molecule has 2 aromatic carbocycles. The fraction of sp³-hybridized carbons (Fsp3) is 0.516. The SMILES string of the molecule is CC1(C)c2ccc(C3CCN(CC45CCC(C=O)(CC4)C5)CC3)cc2-n2c1nc(=O)c1c(Cl)cccc12. The van der Waals surface area contributed by atoms with Crippen molar-refractivity contribution in [2.24, 2.45) is 10.8 Å². The topological polar surface area (TPSA) is 55.2 Å². The van der Waals surface area contributed by atoms with Gasteiger partial charge in [-0.05, 0) is 113 Å². The number of hydrogen-bond acceptors (Lipinski definition) is 4. The number of rotatable bonds is 4. The third kappa shape index (κ3) is 3.43. The molecule has 2 aliphatic heterocycles. The Labute approximate surface area is 222 Å². The quantitative estimate of drug-likeness (QED) is 0.399. The van der Waals surface area contributed by atoms with Crippen molar-refractivity contribution in [3.8, 4) is 5.69 Å². The maximum atomic E-state index is 12.9. The molecule has 0 spiro atoms. The molecule has 0 unspecified atom stereocenters. The smallest absolute Gasteiger partial charge is 0.282 e. The Morgan fingerprint density at radius 2 is 1.84 bits per heavy atom. The monoisotopic (exact) mass is 515 g/mol. The summed E-state index contributed by atoms with van der Waals surface area (Å²) in [5.41, 5.74) is 4.30. The van der Waals surface area contributed by atoms with Crippen LogP contribution in [0, 0.1) is 10.8 Å².